The lowest BCUT2D eigenvalue weighted by Gasteiger charge is -2.50. The highest BCUT2D eigenvalue weighted by Crippen LogP contribution is 2.43. The highest BCUT2D eigenvalue weighted by molar-refractivity contribution is 7.99. The first-order chi connectivity index (χ1) is 37.0. The number of aryl methyl sites for hydroxylation is 1. The summed E-state index contributed by atoms with van der Waals surface area (Å²) in [6.07, 6.45) is -12.0. The van der Waals surface area contributed by atoms with Gasteiger partial charge in [-0.05, 0) is 66.9 Å². The number of ketones is 1. The maximum atomic E-state index is 14.7. The number of aliphatic hydroxyl groups is 1. The van der Waals surface area contributed by atoms with Crippen molar-refractivity contribution in [3.63, 3.8) is 0 Å². The topological polar surface area (TPSA) is 183 Å². The van der Waals surface area contributed by atoms with Crippen LogP contribution in [-0.4, -0.2) is 113 Å². The summed E-state index contributed by atoms with van der Waals surface area (Å²) in [4.78, 5) is 72.0. The quantitative estimate of drug-likeness (QED) is 0.0504. The van der Waals surface area contributed by atoms with E-state index in [4.69, 9.17) is 37.9 Å². The third-order valence-corrected chi connectivity index (χ3v) is 14.4. The number of carbonyl (C=O) groups excluding carboxylic acids is 5. The molecule has 10 atom stereocenters. The molecule has 3 aliphatic heterocycles. The van der Waals surface area contributed by atoms with Crippen molar-refractivity contribution in [2.45, 2.75) is 112 Å². The molecule has 16 heteroatoms. The monoisotopic (exact) mass is 1050 g/mol. The first-order valence-corrected chi connectivity index (χ1v) is 26.1. The molecule has 0 aromatic heterocycles. The van der Waals surface area contributed by atoms with Gasteiger partial charge in [-0.3, -0.25) is 19.3 Å². The molecule has 2 saturated heterocycles. The Kier molecular flexibility index (Phi) is 18.3. The van der Waals surface area contributed by atoms with Gasteiger partial charge >= 0.3 is 11.9 Å². The molecule has 1 N–H and O–H groups in total. The number of Topliss-reactive ketones (excluding diaryl/α,β-unsaturated/α-hetero) is 1. The van der Waals surface area contributed by atoms with Gasteiger partial charge in [0.05, 0.1) is 56.1 Å². The number of thioether (sulfide) groups is 1. The van der Waals surface area contributed by atoms with Gasteiger partial charge in [-0.15, -0.1) is 0 Å². The molecule has 15 nitrogen and oxygen atoms in total. The number of carbonyl (C=O) groups is 5. The van der Waals surface area contributed by atoms with Gasteiger partial charge in [-0.25, -0.2) is 4.79 Å². The number of rotatable bonds is 22. The van der Waals surface area contributed by atoms with Crippen molar-refractivity contribution in [2.24, 2.45) is 0 Å². The highest BCUT2D eigenvalue weighted by Gasteiger charge is 2.59. The Balaban J connectivity index is 1.15. The number of aliphatic hydroxyl groups excluding tert-OH is 1. The summed E-state index contributed by atoms with van der Waals surface area (Å²) in [6, 6.07) is 48.9. The summed E-state index contributed by atoms with van der Waals surface area (Å²) >= 11 is 1.20. The second-order valence-corrected chi connectivity index (χ2v) is 20.0. The summed E-state index contributed by atoms with van der Waals surface area (Å²) in [7, 11) is 0. The van der Waals surface area contributed by atoms with Crippen LogP contribution in [0.3, 0.4) is 0 Å². The van der Waals surface area contributed by atoms with E-state index in [1.807, 2.05) is 122 Å². The third-order valence-electron chi connectivity index (χ3n) is 13.2. The van der Waals surface area contributed by atoms with Gasteiger partial charge < -0.3 is 47.8 Å². The SMILES string of the molecule is CC(=O)CCC(=O)O[C@H]1[C@H](O[C@@H]2O[C@H](COCc3ccccc3)[C@H](OCc3ccccc3)[C@H](O)[C@H]2OC(=O)c2ccccc2)[C@@H](COCc2ccccc2)O[C@@H](Sc2ccc(C)cc2)[C@@H]1N1C(=O)c2ccccc2C1=O. The van der Waals surface area contributed by atoms with E-state index >= 15 is 0 Å². The molecule has 9 rings (SSSR count). The zero-order valence-corrected chi connectivity index (χ0v) is 42.8. The van der Waals surface area contributed by atoms with Crippen molar-refractivity contribution < 1.29 is 67.0 Å². The molecule has 0 radical (unpaired) electrons. The molecule has 0 spiro atoms. The fourth-order valence-electron chi connectivity index (χ4n) is 9.30. The number of hydrogen-bond donors (Lipinski definition) is 1. The summed E-state index contributed by atoms with van der Waals surface area (Å²) in [5, 5.41) is 12.7. The molecule has 2 amide bonds. The number of esters is 2. The maximum absolute atomic E-state index is 14.7. The standard InChI is InChI=1S/C60H59NO14S/c1-38-27-30-44(31-28-38)76-60-50(61-56(65)45-25-15-16-26-46(45)57(61)66)54(73-49(63)32-29-39(2)62)53(48(72-60)37-69-34-41-19-9-4-10-20-41)75-59-55(74-58(67)43-23-13-6-14-24-43)51(64)52(70-35-42-21-11-5-12-22-42)47(71-59)36-68-33-40-17-7-3-8-18-40/h3-28,30-31,47-48,50-55,59-60,64H,29,32-37H2,1-2H3/t47-,48-,50-,51+,52+,53-,54-,55-,59+,60+/m1/s1. The van der Waals surface area contributed by atoms with Gasteiger partial charge in [0.15, 0.2) is 18.5 Å². The summed E-state index contributed by atoms with van der Waals surface area (Å²) in [5.41, 5.74) is 2.76. The average molecular weight is 1050 g/mol. The van der Waals surface area contributed by atoms with Crippen LogP contribution in [0.15, 0.2) is 175 Å². The second kappa shape index (κ2) is 25.8. The van der Waals surface area contributed by atoms with Crippen molar-refractivity contribution >= 4 is 41.3 Å². The fraction of sp³-hybridized carbons (Fsp3) is 0.317. The van der Waals surface area contributed by atoms with Crippen LogP contribution in [0.2, 0.25) is 0 Å². The molecule has 76 heavy (non-hydrogen) atoms. The Morgan fingerprint density at radius 3 is 1.64 bits per heavy atom. The zero-order valence-electron chi connectivity index (χ0n) is 42.0. The van der Waals surface area contributed by atoms with Crippen LogP contribution in [-0.2, 0) is 67.3 Å². The molecule has 0 saturated carbocycles. The third kappa shape index (κ3) is 13.4. The Hall–Kier alpha value is -6.86. The van der Waals surface area contributed by atoms with E-state index < -0.39 is 84.2 Å². The summed E-state index contributed by atoms with van der Waals surface area (Å²) in [6.45, 7) is 3.25. The number of nitrogens with zero attached hydrogens (tertiary/aromatic N) is 1. The van der Waals surface area contributed by atoms with E-state index in [0.717, 1.165) is 27.2 Å². The summed E-state index contributed by atoms with van der Waals surface area (Å²) in [5.74, 6) is -3.27. The normalized spacial score (nSPS) is 24.2. The highest BCUT2D eigenvalue weighted by atomic mass is 32.2. The smallest absolute Gasteiger partial charge is 0.338 e. The lowest BCUT2D eigenvalue weighted by molar-refractivity contribution is -0.340. The maximum Gasteiger partial charge on any atom is 0.338 e. The number of benzene rings is 6. The number of imide groups is 1. The Morgan fingerprint density at radius 2 is 1.09 bits per heavy atom. The molecule has 2 fully saturated rings. The molecule has 6 aromatic rings. The number of ether oxygens (including phenoxy) is 8. The largest absolute Gasteiger partial charge is 0.457 e. The molecular weight excluding hydrogens is 991 g/mol. The molecule has 0 unspecified atom stereocenters. The van der Waals surface area contributed by atoms with Gasteiger partial charge in [-0.1, -0.05) is 151 Å². The van der Waals surface area contributed by atoms with Gasteiger partial charge in [0.1, 0.15) is 47.8 Å². The number of hydrogen-bond acceptors (Lipinski definition) is 15. The average Bonchev–Trinajstić information content (AvgIpc) is 3.69. The van der Waals surface area contributed by atoms with Gasteiger partial charge in [0.2, 0.25) is 0 Å². The zero-order chi connectivity index (χ0) is 53.0. The first-order valence-electron chi connectivity index (χ1n) is 25.2. The summed E-state index contributed by atoms with van der Waals surface area (Å²) < 4.78 is 52.8. The van der Waals surface area contributed by atoms with Gasteiger partial charge in [0, 0.05) is 11.3 Å². The lowest BCUT2D eigenvalue weighted by Crippen LogP contribution is -2.68. The Morgan fingerprint density at radius 1 is 0.579 bits per heavy atom. The van der Waals surface area contributed by atoms with E-state index in [1.54, 1.807) is 54.6 Å². The minimum absolute atomic E-state index is 0.0313. The van der Waals surface area contributed by atoms with E-state index in [-0.39, 0.29) is 68.3 Å². The van der Waals surface area contributed by atoms with Crippen LogP contribution >= 0.6 is 11.8 Å². The van der Waals surface area contributed by atoms with Crippen molar-refractivity contribution in [3.8, 4) is 0 Å². The molecule has 0 aliphatic carbocycles. The second-order valence-electron chi connectivity index (χ2n) is 18.8. The molecule has 3 heterocycles. The molecule has 0 bridgehead atoms. The van der Waals surface area contributed by atoms with Crippen LogP contribution in [0.5, 0.6) is 0 Å². The molecule has 3 aliphatic rings. The predicted molar refractivity (Wildman–Crippen MR) is 279 cm³/mol. The van der Waals surface area contributed by atoms with Crippen LogP contribution in [0.1, 0.15) is 73.1 Å². The van der Waals surface area contributed by atoms with Crippen LogP contribution in [0, 0.1) is 6.92 Å². The van der Waals surface area contributed by atoms with Gasteiger partial charge in [-0.2, -0.15) is 0 Å². The van der Waals surface area contributed by atoms with E-state index in [1.165, 1.54) is 18.7 Å². The molecule has 6 aromatic carbocycles. The van der Waals surface area contributed by atoms with Crippen LogP contribution in [0.4, 0.5) is 0 Å². The van der Waals surface area contributed by atoms with E-state index in [9.17, 15) is 29.1 Å². The van der Waals surface area contributed by atoms with E-state index in [0.29, 0.717) is 4.90 Å². The van der Waals surface area contributed by atoms with Crippen LogP contribution < -0.4 is 0 Å². The predicted octanol–water partition coefficient (Wildman–Crippen LogP) is 8.47. The molecule has 394 valence electrons. The minimum Gasteiger partial charge on any atom is -0.457 e. The number of fused-ring (bicyclic) bond motifs is 1. The Bertz CT molecular complexity index is 2860. The van der Waals surface area contributed by atoms with Crippen molar-refractivity contribution in [3.05, 3.63) is 209 Å². The number of amides is 2. The Labute approximate surface area is 445 Å². The van der Waals surface area contributed by atoms with Crippen molar-refractivity contribution in [1.29, 1.82) is 0 Å². The van der Waals surface area contributed by atoms with Gasteiger partial charge in [0.25, 0.3) is 11.8 Å². The fourth-order valence-corrected chi connectivity index (χ4v) is 10.5. The van der Waals surface area contributed by atoms with Crippen molar-refractivity contribution in [1.82, 2.24) is 4.90 Å². The van der Waals surface area contributed by atoms with Crippen molar-refractivity contribution in [2.75, 3.05) is 13.2 Å². The minimum atomic E-state index is -1.70. The lowest BCUT2D eigenvalue weighted by atomic mass is 9.94. The van der Waals surface area contributed by atoms with E-state index in [2.05, 4.69) is 0 Å². The molecular formula is C60H59NO14S. The van der Waals surface area contributed by atoms with Crippen LogP contribution in [0.25, 0.3) is 0 Å². The first kappa shape index (κ1) is 53.9.